The first-order valence-electron chi connectivity index (χ1n) is 6.56. The summed E-state index contributed by atoms with van der Waals surface area (Å²) in [6, 6.07) is 10.1. The number of hydrogen-bond donors (Lipinski definition) is 1. The predicted molar refractivity (Wildman–Crippen MR) is 76.5 cm³/mol. The summed E-state index contributed by atoms with van der Waals surface area (Å²) >= 11 is 0. The Morgan fingerprint density at radius 2 is 2.05 bits per heavy atom. The number of benzene rings is 1. The van der Waals surface area contributed by atoms with Gasteiger partial charge in [0.2, 0.25) is 5.88 Å². The van der Waals surface area contributed by atoms with E-state index in [0.29, 0.717) is 19.1 Å². The minimum Gasteiger partial charge on any atom is -0.475 e. The number of nitrogens with zero attached hydrogens (tertiary/aromatic N) is 1. The molecular formula is C15H20N2O2. The second-order valence-corrected chi connectivity index (χ2v) is 4.26. The highest BCUT2D eigenvalue weighted by atomic mass is 16.5. The smallest absolute Gasteiger partial charge is 0.214 e. The number of nitrogens with one attached hydrogen (secondary N) is 1. The second-order valence-electron chi connectivity index (χ2n) is 4.26. The van der Waals surface area contributed by atoms with Gasteiger partial charge in [0, 0.05) is 25.1 Å². The molecule has 1 N–H and O–H groups in total. The minimum absolute atomic E-state index is 0.516. The van der Waals surface area contributed by atoms with Crippen molar-refractivity contribution in [2.45, 2.75) is 13.5 Å². The first-order chi connectivity index (χ1) is 9.35. The maximum Gasteiger partial charge on any atom is 0.214 e. The van der Waals surface area contributed by atoms with E-state index in [1.54, 1.807) is 7.11 Å². The summed E-state index contributed by atoms with van der Waals surface area (Å²) in [7, 11) is 1.66. The van der Waals surface area contributed by atoms with E-state index >= 15 is 0 Å². The van der Waals surface area contributed by atoms with Gasteiger partial charge in [0.05, 0.1) is 12.1 Å². The van der Waals surface area contributed by atoms with Crippen LogP contribution in [0.25, 0.3) is 10.9 Å². The van der Waals surface area contributed by atoms with Crippen molar-refractivity contribution in [1.82, 2.24) is 10.3 Å². The van der Waals surface area contributed by atoms with Gasteiger partial charge in [-0.15, -0.1) is 0 Å². The zero-order chi connectivity index (χ0) is 13.5. The molecule has 0 unspecified atom stereocenters. The summed E-state index contributed by atoms with van der Waals surface area (Å²) in [5.41, 5.74) is 2.17. The van der Waals surface area contributed by atoms with E-state index in [1.807, 2.05) is 24.3 Å². The summed E-state index contributed by atoms with van der Waals surface area (Å²) in [6.45, 7) is 4.94. The molecule has 4 heteroatoms. The molecule has 19 heavy (non-hydrogen) atoms. The zero-order valence-corrected chi connectivity index (χ0v) is 11.5. The summed E-state index contributed by atoms with van der Waals surface area (Å²) in [5, 5.41) is 4.51. The van der Waals surface area contributed by atoms with E-state index in [2.05, 4.69) is 23.3 Å². The van der Waals surface area contributed by atoms with E-state index in [9.17, 15) is 0 Å². The molecule has 0 atom stereocenters. The first kappa shape index (κ1) is 13.8. The molecule has 0 spiro atoms. The Morgan fingerprint density at radius 3 is 2.84 bits per heavy atom. The van der Waals surface area contributed by atoms with Gasteiger partial charge in [0.1, 0.15) is 6.61 Å². The molecule has 0 fully saturated rings. The molecule has 1 heterocycles. The Labute approximate surface area is 113 Å². The molecule has 4 nitrogen and oxygen atoms in total. The number of para-hydroxylation sites is 1. The topological polar surface area (TPSA) is 43.4 Å². The van der Waals surface area contributed by atoms with Crippen molar-refractivity contribution >= 4 is 10.9 Å². The molecule has 0 aliphatic rings. The Balaban J connectivity index is 2.27. The largest absolute Gasteiger partial charge is 0.475 e. The van der Waals surface area contributed by atoms with E-state index in [-0.39, 0.29) is 0 Å². The fourth-order valence-corrected chi connectivity index (χ4v) is 1.93. The van der Waals surface area contributed by atoms with Gasteiger partial charge in [-0.05, 0) is 18.2 Å². The van der Waals surface area contributed by atoms with E-state index in [4.69, 9.17) is 9.47 Å². The number of aromatic nitrogens is 1. The molecule has 0 saturated carbocycles. The third-order valence-corrected chi connectivity index (χ3v) is 2.88. The molecule has 1 aromatic heterocycles. The minimum atomic E-state index is 0.516. The van der Waals surface area contributed by atoms with Gasteiger partial charge in [0.15, 0.2) is 0 Å². The van der Waals surface area contributed by atoms with Gasteiger partial charge in [-0.2, -0.15) is 0 Å². The molecule has 0 aliphatic carbocycles. The lowest BCUT2D eigenvalue weighted by Crippen LogP contribution is -2.13. The average molecular weight is 260 g/mol. The summed E-state index contributed by atoms with van der Waals surface area (Å²) in [4.78, 5) is 4.51. The standard InChI is InChI=1S/C15H20N2O2/c1-3-16-11-12-10-15(19-9-8-18-2)17-14-7-5-4-6-13(12)14/h4-7,10,16H,3,8-9,11H2,1-2H3. The summed E-state index contributed by atoms with van der Waals surface area (Å²) in [6.07, 6.45) is 0. The van der Waals surface area contributed by atoms with Gasteiger partial charge >= 0.3 is 0 Å². The fraction of sp³-hybridized carbons (Fsp3) is 0.400. The zero-order valence-electron chi connectivity index (χ0n) is 11.5. The SMILES string of the molecule is CCNCc1cc(OCCOC)nc2ccccc12. The molecule has 0 bridgehead atoms. The first-order valence-corrected chi connectivity index (χ1v) is 6.56. The summed E-state index contributed by atoms with van der Waals surface area (Å²) in [5.74, 6) is 0.656. The number of pyridine rings is 1. The number of rotatable bonds is 7. The van der Waals surface area contributed by atoms with Crippen LogP contribution in [-0.4, -0.2) is 31.9 Å². The highest BCUT2D eigenvalue weighted by Crippen LogP contribution is 2.21. The molecule has 0 aliphatic heterocycles. The van der Waals surface area contributed by atoms with Gasteiger partial charge < -0.3 is 14.8 Å². The average Bonchev–Trinajstić information content (AvgIpc) is 2.45. The van der Waals surface area contributed by atoms with Gasteiger partial charge in [-0.3, -0.25) is 0 Å². The van der Waals surface area contributed by atoms with Crippen molar-refractivity contribution in [3.05, 3.63) is 35.9 Å². The highest BCUT2D eigenvalue weighted by Gasteiger charge is 2.06. The van der Waals surface area contributed by atoms with Crippen LogP contribution in [0, 0.1) is 0 Å². The molecule has 102 valence electrons. The molecule has 1 aromatic carbocycles. The van der Waals surface area contributed by atoms with Crippen LogP contribution in [0.1, 0.15) is 12.5 Å². The molecule has 0 saturated heterocycles. The second kappa shape index (κ2) is 7.07. The van der Waals surface area contributed by atoms with Crippen molar-refractivity contribution in [2.24, 2.45) is 0 Å². The van der Waals surface area contributed by atoms with E-state index in [1.165, 1.54) is 10.9 Å². The van der Waals surface area contributed by atoms with Gasteiger partial charge in [0.25, 0.3) is 0 Å². The van der Waals surface area contributed by atoms with Gasteiger partial charge in [-0.1, -0.05) is 25.1 Å². The quantitative estimate of drug-likeness (QED) is 0.776. The van der Waals surface area contributed by atoms with E-state index < -0.39 is 0 Å². The molecule has 0 amide bonds. The normalized spacial score (nSPS) is 10.8. The molecule has 0 radical (unpaired) electrons. The lowest BCUT2D eigenvalue weighted by atomic mass is 10.1. The lowest BCUT2D eigenvalue weighted by molar-refractivity contribution is 0.144. The maximum atomic E-state index is 5.61. The van der Waals surface area contributed by atoms with Crippen LogP contribution in [0.2, 0.25) is 0 Å². The van der Waals surface area contributed by atoms with Crippen LogP contribution in [0.15, 0.2) is 30.3 Å². The maximum absolute atomic E-state index is 5.61. The van der Waals surface area contributed by atoms with Gasteiger partial charge in [-0.25, -0.2) is 4.98 Å². The molecule has 2 aromatic rings. The fourth-order valence-electron chi connectivity index (χ4n) is 1.93. The number of methoxy groups -OCH3 is 1. The number of fused-ring (bicyclic) bond motifs is 1. The van der Waals surface area contributed by atoms with Crippen LogP contribution in [-0.2, 0) is 11.3 Å². The Hall–Kier alpha value is -1.65. The van der Waals surface area contributed by atoms with Crippen molar-refractivity contribution in [1.29, 1.82) is 0 Å². The van der Waals surface area contributed by atoms with Crippen molar-refractivity contribution in [2.75, 3.05) is 26.9 Å². The Bertz CT molecular complexity index is 529. The van der Waals surface area contributed by atoms with Crippen molar-refractivity contribution in [3.63, 3.8) is 0 Å². The Morgan fingerprint density at radius 1 is 1.21 bits per heavy atom. The lowest BCUT2D eigenvalue weighted by Gasteiger charge is -2.10. The van der Waals surface area contributed by atoms with Crippen molar-refractivity contribution < 1.29 is 9.47 Å². The number of ether oxygens (including phenoxy) is 2. The number of hydrogen-bond acceptors (Lipinski definition) is 4. The van der Waals surface area contributed by atoms with Crippen LogP contribution < -0.4 is 10.1 Å². The molecule has 2 rings (SSSR count). The van der Waals surface area contributed by atoms with E-state index in [0.717, 1.165) is 18.6 Å². The Kier molecular flexibility index (Phi) is 5.12. The van der Waals surface area contributed by atoms with Crippen LogP contribution >= 0.6 is 0 Å². The monoisotopic (exact) mass is 260 g/mol. The third kappa shape index (κ3) is 3.66. The third-order valence-electron chi connectivity index (χ3n) is 2.88. The van der Waals surface area contributed by atoms with Crippen LogP contribution in [0.5, 0.6) is 5.88 Å². The predicted octanol–water partition coefficient (Wildman–Crippen LogP) is 2.37. The van der Waals surface area contributed by atoms with Crippen molar-refractivity contribution in [3.8, 4) is 5.88 Å². The molecular weight excluding hydrogens is 240 g/mol. The highest BCUT2D eigenvalue weighted by molar-refractivity contribution is 5.82. The van der Waals surface area contributed by atoms with Crippen LogP contribution in [0.4, 0.5) is 0 Å². The summed E-state index contributed by atoms with van der Waals surface area (Å²) < 4.78 is 10.6. The van der Waals surface area contributed by atoms with Crippen LogP contribution in [0.3, 0.4) is 0 Å².